The van der Waals surface area contributed by atoms with Gasteiger partial charge in [0.2, 0.25) is 0 Å². The van der Waals surface area contributed by atoms with E-state index >= 15 is 0 Å². The number of carbonyl (C=O) groups is 1. The van der Waals surface area contributed by atoms with Crippen molar-refractivity contribution < 1.29 is 4.79 Å². The predicted octanol–water partition coefficient (Wildman–Crippen LogP) is 3.04. The lowest BCUT2D eigenvalue weighted by Crippen LogP contribution is -2.49. The SMILES string of the molecule is O=C(c1cc(Br)ccc1-n1cnnn1)N1CCN(c2cccc(Cl)c2)CC1. The molecule has 138 valence electrons. The minimum absolute atomic E-state index is 0.0347. The number of piperazine rings is 1. The summed E-state index contributed by atoms with van der Waals surface area (Å²) >= 11 is 9.54. The molecule has 27 heavy (non-hydrogen) atoms. The summed E-state index contributed by atoms with van der Waals surface area (Å²) < 4.78 is 2.34. The Morgan fingerprint density at radius 1 is 1.07 bits per heavy atom. The number of amides is 1. The maximum Gasteiger partial charge on any atom is 0.256 e. The van der Waals surface area contributed by atoms with Crippen LogP contribution in [0.25, 0.3) is 5.69 Å². The van der Waals surface area contributed by atoms with Crippen molar-refractivity contribution in [3.8, 4) is 5.69 Å². The largest absolute Gasteiger partial charge is 0.368 e. The van der Waals surface area contributed by atoms with Crippen molar-refractivity contribution >= 4 is 39.1 Å². The van der Waals surface area contributed by atoms with Crippen molar-refractivity contribution in [1.82, 2.24) is 25.1 Å². The lowest BCUT2D eigenvalue weighted by molar-refractivity contribution is 0.0746. The molecule has 2 aromatic carbocycles. The van der Waals surface area contributed by atoms with Crippen LogP contribution in [-0.4, -0.2) is 57.2 Å². The lowest BCUT2D eigenvalue weighted by Gasteiger charge is -2.36. The monoisotopic (exact) mass is 446 g/mol. The van der Waals surface area contributed by atoms with E-state index in [0.29, 0.717) is 29.4 Å². The summed E-state index contributed by atoms with van der Waals surface area (Å²) in [7, 11) is 0. The number of hydrogen-bond acceptors (Lipinski definition) is 5. The fraction of sp³-hybridized carbons (Fsp3) is 0.222. The summed E-state index contributed by atoms with van der Waals surface area (Å²) in [5.74, 6) is -0.0347. The second kappa shape index (κ2) is 7.66. The maximum atomic E-state index is 13.1. The summed E-state index contributed by atoms with van der Waals surface area (Å²) in [5, 5.41) is 12.0. The predicted molar refractivity (Wildman–Crippen MR) is 106 cm³/mol. The molecular weight excluding hydrogens is 432 g/mol. The van der Waals surface area contributed by atoms with Gasteiger partial charge in [-0.2, -0.15) is 4.68 Å². The normalized spacial score (nSPS) is 14.4. The molecule has 9 heteroatoms. The van der Waals surface area contributed by atoms with Crippen LogP contribution in [0.3, 0.4) is 0 Å². The molecule has 1 fully saturated rings. The van der Waals surface area contributed by atoms with Gasteiger partial charge in [0.15, 0.2) is 0 Å². The zero-order valence-corrected chi connectivity index (χ0v) is 16.6. The Morgan fingerprint density at radius 2 is 1.89 bits per heavy atom. The highest BCUT2D eigenvalue weighted by molar-refractivity contribution is 9.10. The van der Waals surface area contributed by atoms with Gasteiger partial charge in [0.25, 0.3) is 5.91 Å². The van der Waals surface area contributed by atoms with E-state index in [1.807, 2.05) is 47.4 Å². The van der Waals surface area contributed by atoms with Gasteiger partial charge in [0, 0.05) is 41.4 Å². The first-order chi connectivity index (χ1) is 13.1. The van der Waals surface area contributed by atoms with Crippen molar-refractivity contribution in [3.05, 3.63) is 63.9 Å². The van der Waals surface area contributed by atoms with E-state index in [4.69, 9.17) is 11.6 Å². The first-order valence-corrected chi connectivity index (χ1v) is 9.61. The molecule has 0 spiro atoms. The number of halogens is 2. The molecular formula is C18H16BrClN6O. The van der Waals surface area contributed by atoms with Gasteiger partial charge in [0.05, 0.1) is 11.3 Å². The van der Waals surface area contributed by atoms with Crippen LogP contribution < -0.4 is 4.90 Å². The molecule has 0 radical (unpaired) electrons. The highest BCUT2D eigenvalue weighted by atomic mass is 79.9. The van der Waals surface area contributed by atoms with Crippen molar-refractivity contribution in [3.63, 3.8) is 0 Å². The van der Waals surface area contributed by atoms with Crippen molar-refractivity contribution in [1.29, 1.82) is 0 Å². The smallest absolute Gasteiger partial charge is 0.256 e. The first-order valence-electron chi connectivity index (χ1n) is 8.44. The topological polar surface area (TPSA) is 67.2 Å². The number of rotatable bonds is 3. The van der Waals surface area contributed by atoms with E-state index in [-0.39, 0.29) is 5.91 Å². The fourth-order valence-corrected chi connectivity index (χ4v) is 3.71. The minimum Gasteiger partial charge on any atom is -0.368 e. The number of nitrogens with zero attached hydrogens (tertiary/aromatic N) is 6. The van der Waals surface area contributed by atoms with Crippen LogP contribution in [-0.2, 0) is 0 Å². The van der Waals surface area contributed by atoms with Crippen LogP contribution in [0.1, 0.15) is 10.4 Å². The molecule has 0 atom stereocenters. The third-order valence-corrected chi connectivity index (χ3v) is 5.25. The minimum atomic E-state index is -0.0347. The summed E-state index contributed by atoms with van der Waals surface area (Å²) in [4.78, 5) is 17.2. The van der Waals surface area contributed by atoms with Crippen LogP contribution in [0.2, 0.25) is 5.02 Å². The van der Waals surface area contributed by atoms with E-state index in [2.05, 4.69) is 36.4 Å². The van der Waals surface area contributed by atoms with E-state index in [1.54, 1.807) is 0 Å². The van der Waals surface area contributed by atoms with Gasteiger partial charge in [-0.3, -0.25) is 4.79 Å². The zero-order valence-electron chi connectivity index (χ0n) is 14.3. The van der Waals surface area contributed by atoms with Crippen molar-refractivity contribution in [2.45, 2.75) is 0 Å². The summed E-state index contributed by atoms with van der Waals surface area (Å²) in [5.41, 5.74) is 2.30. The van der Waals surface area contributed by atoms with Gasteiger partial charge in [0.1, 0.15) is 6.33 Å². The van der Waals surface area contributed by atoms with E-state index in [9.17, 15) is 4.79 Å². The Balaban J connectivity index is 1.53. The van der Waals surface area contributed by atoms with Gasteiger partial charge in [-0.1, -0.05) is 33.6 Å². The summed E-state index contributed by atoms with van der Waals surface area (Å²) in [6.07, 6.45) is 1.48. The molecule has 1 aromatic heterocycles. The average Bonchev–Trinajstić information content (AvgIpc) is 3.22. The van der Waals surface area contributed by atoms with Gasteiger partial charge in [-0.15, -0.1) is 5.10 Å². The standard InChI is InChI=1S/C18H16BrClN6O/c19-13-4-5-17(26-12-21-22-23-26)16(10-13)18(27)25-8-6-24(7-9-25)15-3-1-2-14(20)11-15/h1-5,10-12H,6-9H2. The second-order valence-electron chi connectivity index (χ2n) is 6.17. The molecule has 0 saturated carbocycles. The van der Waals surface area contributed by atoms with E-state index in [0.717, 1.165) is 23.2 Å². The third kappa shape index (κ3) is 3.81. The molecule has 3 aromatic rings. The van der Waals surface area contributed by atoms with Gasteiger partial charge in [-0.05, 0) is 46.8 Å². The van der Waals surface area contributed by atoms with Gasteiger partial charge < -0.3 is 9.80 Å². The van der Waals surface area contributed by atoms with Crippen LogP contribution >= 0.6 is 27.5 Å². The molecule has 4 rings (SSSR count). The quantitative estimate of drug-likeness (QED) is 0.617. The van der Waals surface area contributed by atoms with Crippen LogP contribution in [0.15, 0.2) is 53.3 Å². The molecule has 0 aliphatic carbocycles. The number of aromatic nitrogens is 4. The molecule has 1 saturated heterocycles. The molecule has 7 nitrogen and oxygen atoms in total. The molecule has 0 bridgehead atoms. The van der Waals surface area contributed by atoms with Crippen LogP contribution in [0.5, 0.6) is 0 Å². The number of tetrazole rings is 1. The zero-order chi connectivity index (χ0) is 18.8. The van der Waals surface area contributed by atoms with Gasteiger partial charge >= 0.3 is 0 Å². The fourth-order valence-electron chi connectivity index (χ4n) is 3.16. The van der Waals surface area contributed by atoms with Crippen LogP contribution in [0.4, 0.5) is 5.69 Å². The van der Waals surface area contributed by atoms with Gasteiger partial charge in [-0.25, -0.2) is 0 Å². The van der Waals surface area contributed by atoms with E-state index < -0.39 is 0 Å². The summed E-state index contributed by atoms with van der Waals surface area (Å²) in [6, 6.07) is 13.3. The highest BCUT2D eigenvalue weighted by Crippen LogP contribution is 2.24. The van der Waals surface area contributed by atoms with Crippen molar-refractivity contribution in [2.24, 2.45) is 0 Å². The van der Waals surface area contributed by atoms with E-state index in [1.165, 1.54) is 11.0 Å². The molecule has 2 heterocycles. The third-order valence-electron chi connectivity index (χ3n) is 4.53. The Kier molecular flexibility index (Phi) is 5.09. The number of carbonyl (C=O) groups excluding carboxylic acids is 1. The molecule has 1 amide bonds. The molecule has 1 aliphatic rings. The molecule has 1 aliphatic heterocycles. The Morgan fingerprint density at radius 3 is 2.59 bits per heavy atom. The van der Waals surface area contributed by atoms with Crippen LogP contribution in [0, 0.1) is 0 Å². The number of anilines is 1. The highest BCUT2D eigenvalue weighted by Gasteiger charge is 2.25. The Bertz CT molecular complexity index is 956. The molecule has 0 N–H and O–H groups in total. The second-order valence-corrected chi connectivity index (χ2v) is 7.53. The number of benzene rings is 2. The Labute approximate surface area is 169 Å². The first kappa shape index (κ1) is 17.9. The lowest BCUT2D eigenvalue weighted by atomic mass is 10.1. The Hall–Kier alpha value is -2.45. The van der Waals surface area contributed by atoms with Crippen molar-refractivity contribution in [2.75, 3.05) is 31.1 Å². The average molecular weight is 448 g/mol. The maximum absolute atomic E-state index is 13.1. The molecule has 0 unspecified atom stereocenters. The number of hydrogen-bond donors (Lipinski definition) is 0. The summed E-state index contributed by atoms with van der Waals surface area (Å²) in [6.45, 7) is 2.76.